The molecule has 0 spiro atoms. The zero-order valence-corrected chi connectivity index (χ0v) is 11.7. The Balaban J connectivity index is 1.84. The van der Waals surface area contributed by atoms with Crippen molar-refractivity contribution in [2.24, 2.45) is 5.41 Å². The average Bonchev–Trinajstić information content (AvgIpc) is 2.40. The molecule has 0 N–H and O–H groups in total. The van der Waals surface area contributed by atoms with Crippen LogP contribution in [0.4, 0.5) is 0 Å². The number of aldehydes is 1. The van der Waals surface area contributed by atoms with E-state index in [9.17, 15) is 4.79 Å². The van der Waals surface area contributed by atoms with E-state index in [1.54, 1.807) is 0 Å². The number of nitrogens with zero attached hydrogens (tertiary/aromatic N) is 2. The van der Waals surface area contributed by atoms with Crippen LogP contribution in [0.15, 0.2) is 0 Å². The maximum absolute atomic E-state index is 11.4. The molecule has 0 atom stereocenters. The number of rotatable bonds is 4. The minimum Gasteiger partial charge on any atom is -0.381 e. The molecule has 0 aromatic rings. The van der Waals surface area contributed by atoms with E-state index in [2.05, 4.69) is 23.6 Å². The summed E-state index contributed by atoms with van der Waals surface area (Å²) < 4.78 is 5.38. The van der Waals surface area contributed by atoms with E-state index in [1.807, 2.05) is 0 Å². The summed E-state index contributed by atoms with van der Waals surface area (Å²) in [6.45, 7) is 11.3. The van der Waals surface area contributed by atoms with Gasteiger partial charge < -0.3 is 9.53 Å². The number of carbonyl (C=O) groups excluding carboxylic acids is 1. The molecule has 0 aromatic heterocycles. The van der Waals surface area contributed by atoms with Gasteiger partial charge in [-0.15, -0.1) is 0 Å². The Hall–Kier alpha value is -0.450. The first-order valence-corrected chi connectivity index (χ1v) is 7.16. The number of hydrogen-bond acceptors (Lipinski definition) is 4. The number of ether oxygens (including phenoxy) is 1. The average molecular weight is 254 g/mol. The smallest absolute Gasteiger partial charge is 0.127 e. The Kier molecular flexibility index (Phi) is 4.76. The highest BCUT2D eigenvalue weighted by Gasteiger charge is 2.35. The second-order valence-corrected chi connectivity index (χ2v) is 6.00. The zero-order valence-electron chi connectivity index (χ0n) is 11.7. The van der Waals surface area contributed by atoms with Crippen molar-refractivity contribution in [3.8, 4) is 0 Å². The van der Waals surface area contributed by atoms with Gasteiger partial charge in [-0.3, -0.25) is 9.80 Å². The fourth-order valence-electron chi connectivity index (χ4n) is 2.97. The molecular weight excluding hydrogens is 228 g/mol. The molecule has 4 nitrogen and oxygen atoms in total. The highest BCUT2D eigenvalue weighted by molar-refractivity contribution is 5.60. The Morgan fingerprint density at radius 3 is 2.28 bits per heavy atom. The predicted octanol–water partition coefficient (Wildman–Crippen LogP) is 1.01. The molecule has 0 amide bonds. The van der Waals surface area contributed by atoms with Gasteiger partial charge in [0.25, 0.3) is 0 Å². The van der Waals surface area contributed by atoms with Crippen LogP contribution in [0.2, 0.25) is 0 Å². The third-order valence-electron chi connectivity index (χ3n) is 4.41. The quantitative estimate of drug-likeness (QED) is 0.701. The van der Waals surface area contributed by atoms with E-state index in [0.717, 1.165) is 58.8 Å². The predicted molar refractivity (Wildman–Crippen MR) is 71.7 cm³/mol. The molecule has 18 heavy (non-hydrogen) atoms. The lowest BCUT2D eigenvalue weighted by Gasteiger charge is -2.42. The van der Waals surface area contributed by atoms with Crippen LogP contribution in [0.3, 0.4) is 0 Å². The molecule has 2 aliphatic heterocycles. The van der Waals surface area contributed by atoms with Gasteiger partial charge in [-0.25, -0.2) is 0 Å². The molecule has 0 saturated carbocycles. The van der Waals surface area contributed by atoms with Gasteiger partial charge in [-0.2, -0.15) is 0 Å². The van der Waals surface area contributed by atoms with Crippen LogP contribution in [-0.4, -0.2) is 68.1 Å². The van der Waals surface area contributed by atoms with E-state index in [-0.39, 0.29) is 5.41 Å². The van der Waals surface area contributed by atoms with Crippen molar-refractivity contribution in [2.75, 3.05) is 45.9 Å². The van der Waals surface area contributed by atoms with Crippen LogP contribution in [0.1, 0.15) is 26.7 Å². The monoisotopic (exact) mass is 254 g/mol. The van der Waals surface area contributed by atoms with Crippen LogP contribution in [0.5, 0.6) is 0 Å². The van der Waals surface area contributed by atoms with E-state index in [4.69, 9.17) is 4.74 Å². The minimum atomic E-state index is -0.141. The van der Waals surface area contributed by atoms with Crippen molar-refractivity contribution in [3.63, 3.8) is 0 Å². The molecule has 2 saturated heterocycles. The summed E-state index contributed by atoms with van der Waals surface area (Å²) in [6.07, 6.45) is 2.96. The SMILES string of the molecule is CC(C)N1CCN(CC2(C=O)CCOCC2)CC1. The molecule has 2 heterocycles. The van der Waals surface area contributed by atoms with Gasteiger partial charge in [0.2, 0.25) is 0 Å². The zero-order chi connectivity index (χ0) is 13.0. The third kappa shape index (κ3) is 3.31. The molecule has 0 aliphatic carbocycles. The highest BCUT2D eigenvalue weighted by Crippen LogP contribution is 2.29. The van der Waals surface area contributed by atoms with Crippen LogP contribution in [0, 0.1) is 5.41 Å². The lowest BCUT2D eigenvalue weighted by molar-refractivity contribution is -0.123. The van der Waals surface area contributed by atoms with Gasteiger partial charge >= 0.3 is 0 Å². The molecule has 2 rings (SSSR count). The number of carbonyl (C=O) groups is 1. The van der Waals surface area contributed by atoms with Gasteiger partial charge in [-0.1, -0.05) is 0 Å². The standard InChI is InChI=1S/C14H26N2O2/c1-13(2)16-7-5-15(6-8-16)11-14(12-17)3-9-18-10-4-14/h12-13H,3-11H2,1-2H3. The summed E-state index contributed by atoms with van der Waals surface area (Å²) >= 11 is 0. The summed E-state index contributed by atoms with van der Waals surface area (Å²) in [6, 6.07) is 0.635. The maximum Gasteiger partial charge on any atom is 0.127 e. The Morgan fingerprint density at radius 2 is 1.78 bits per heavy atom. The maximum atomic E-state index is 11.4. The molecule has 0 aromatic carbocycles. The normalized spacial score (nSPS) is 26.4. The minimum absolute atomic E-state index is 0.141. The van der Waals surface area contributed by atoms with Crippen molar-refractivity contribution in [3.05, 3.63) is 0 Å². The van der Waals surface area contributed by atoms with E-state index < -0.39 is 0 Å². The van der Waals surface area contributed by atoms with Crippen molar-refractivity contribution in [1.82, 2.24) is 9.80 Å². The fraction of sp³-hybridized carbons (Fsp3) is 0.929. The Morgan fingerprint density at radius 1 is 1.17 bits per heavy atom. The summed E-state index contributed by atoms with van der Waals surface area (Å²) in [5.74, 6) is 0. The molecule has 2 aliphatic rings. The van der Waals surface area contributed by atoms with Gasteiger partial charge in [0.1, 0.15) is 6.29 Å². The van der Waals surface area contributed by atoms with E-state index >= 15 is 0 Å². The lowest BCUT2D eigenvalue weighted by atomic mass is 9.81. The van der Waals surface area contributed by atoms with Crippen LogP contribution in [-0.2, 0) is 9.53 Å². The molecule has 104 valence electrons. The Labute approximate surface area is 110 Å². The highest BCUT2D eigenvalue weighted by atomic mass is 16.5. The second-order valence-electron chi connectivity index (χ2n) is 6.00. The lowest BCUT2D eigenvalue weighted by Crippen LogP contribution is -2.52. The van der Waals surface area contributed by atoms with E-state index in [0.29, 0.717) is 6.04 Å². The van der Waals surface area contributed by atoms with Crippen LogP contribution in [0.25, 0.3) is 0 Å². The van der Waals surface area contributed by atoms with E-state index in [1.165, 1.54) is 6.29 Å². The van der Waals surface area contributed by atoms with Gasteiger partial charge in [-0.05, 0) is 26.7 Å². The molecular formula is C14H26N2O2. The summed E-state index contributed by atoms with van der Waals surface area (Å²) in [4.78, 5) is 16.4. The summed E-state index contributed by atoms with van der Waals surface area (Å²) in [5, 5.41) is 0. The number of hydrogen-bond donors (Lipinski definition) is 0. The summed E-state index contributed by atoms with van der Waals surface area (Å²) in [5.41, 5.74) is -0.141. The van der Waals surface area contributed by atoms with Crippen molar-refractivity contribution in [2.45, 2.75) is 32.7 Å². The first kappa shape index (κ1) is 14.0. The van der Waals surface area contributed by atoms with Gasteiger partial charge in [0, 0.05) is 57.4 Å². The molecule has 2 fully saturated rings. The molecule has 0 bridgehead atoms. The third-order valence-corrected chi connectivity index (χ3v) is 4.41. The van der Waals surface area contributed by atoms with Crippen molar-refractivity contribution < 1.29 is 9.53 Å². The Bertz CT molecular complexity index is 267. The molecule has 0 radical (unpaired) electrons. The van der Waals surface area contributed by atoms with Gasteiger partial charge in [0.05, 0.1) is 0 Å². The fourth-order valence-corrected chi connectivity index (χ4v) is 2.97. The van der Waals surface area contributed by atoms with Crippen molar-refractivity contribution in [1.29, 1.82) is 0 Å². The largest absolute Gasteiger partial charge is 0.381 e. The van der Waals surface area contributed by atoms with Crippen LogP contribution < -0.4 is 0 Å². The first-order valence-electron chi connectivity index (χ1n) is 7.16. The summed E-state index contributed by atoms with van der Waals surface area (Å²) in [7, 11) is 0. The molecule has 0 unspecified atom stereocenters. The molecule has 4 heteroatoms. The number of piperazine rings is 1. The second kappa shape index (κ2) is 6.13. The first-order chi connectivity index (χ1) is 8.65. The van der Waals surface area contributed by atoms with Gasteiger partial charge in [0.15, 0.2) is 0 Å². The topological polar surface area (TPSA) is 32.8 Å². The van der Waals surface area contributed by atoms with Crippen LogP contribution >= 0.6 is 0 Å². The van der Waals surface area contributed by atoms with Crippen molar-refractivity contribution >= 4 is 6.29 Å².